The number of carbonyl (C=O) groups excluding carboxylic acids is 1. The first-order chi connectivity index (χ1) is 14.0. The SMILES string of the molecule is Cc1cc(N2CCOCC2)nc(SCc2cccc(C(=O)NCC[NH+](C)C)c2)n1. The van der Waals surface area contributed by atoms with Crippen LogP contribution in [0.5, 0.6) is 0 Å². The second kappa shape index (κ2) is 10.6. The molecular weight excluding hydrogens is 386 g/mol. The van der Waals surface area contributed by atoms with Gasteiger partial charge in [0.15, 0.2) is 5.16 Å². The van der Waals surface area contributed by atoms with Crippen LogP contribution in [0.3, 0.4) is 0 Å². The van der Waals surface area contributed by atoms with Gasteiger partial charge in [0.05, 0.1) is 40.4 Å². The fourth-order valence-electron chi connectivity index (χ4n) is 3.02. The molecule has 0 radical (unpaired) electrons. The lowest BCUT2D eigenvalue weighted by molar-refractivity contribution is -0.856. The van der Waals surface area contributed by atoms with E-state index < -0.39 is 0 Å². The van der Waals surface area contributed by atoms with Gasteiger partial charge in [0, 0.05) is 36.2 Å². The number of ether oxygens (including phenoxy) is 1. The van der Waals surface area contributed by atoms with Gasteiger partial charge >= 0.3 is 0 Å². The lowest BCUT2D eigenvalue weighted by Gasteiger charge is -2.28. The summed E-state index contributed by atoms with van der Waals surface area (Å²) in [6.45, 7) is 6.74. The highest BCUT2D eigenvalue weighted by Crippen LogP contribution is 2.23. The van der Waals surface area contributed by atoms with E-state index in [1.165, 1.54) is 4.90 Å². The summed E-state index contributed by atoms with van der Waals surface area (Å²) in [5.41, 5.74) is 2.73. The molecule has 7 nitrogen and oxygen atoms in total. The van der Waals surface area contributed by atoms with Gasteiger partial charge in [-0.3, -0.25) is 4.79 Å². The molecule has 0 aliphatic carbocycles. The molecule has 0 saturated carbocycles. The number of aromatic nitrogens is 2. The maximum absolute atomic E-state index is 12.3. The van der Waals surface area contributed by atoms with Gasteiger partial charge in [-0.1, -0.05) is 23.9 Å². The molecule has 8 heteroatoms. The minimum Gasteiger partial charge on any atom is -0.378 e. The Morgan fingerprint density at radius 1 is 1.24 bits per heavy atom. The molecular formula is C21H30N5O2S+. The average molecular weight is 417 g/mol. The zero-order chi connectivity index (χ0) is 20.6. The van der Waals surface area contributed by atoms with Gasteiger partial charge in [-0.05, 0) is 24.6 Å². The third kappa shape index (κ3) is 6.69. The molecule has 1 amide bonds. The number of anilines is 1. The summed E-state index contributed by atoms with van der Waals surface area (Å²) in [6.07, 6.45) is 0. The molecule has 0 spiro atoms. The number of morpholine rings is 1. The maximum atomic E-state index is 12.3. The summed E-state index contributed by atoms with van der Waals surface area (Å²) < 4.78 is 5.43. The first-order valence-electron chi connectivity index (χ1n) is 9.98. The second-order valence-electron chi connectivity index (χ2n) is 7.45. The van der Waals surface area contributed by atoms with Crippen LogP contribution in [-0.2, 0) is 10.5 Å². The highest BCUT2D eigenvalue weighted by Gasteiger charge is 2.14. The van der Waals surface area contributed by atoms with Crippen molar-refractivity contribution in [2.45, 2.75) is 17.8 Å². The van der Waals surface area contributed by atoms with Gasteiger partial charge in [0.1, 0.15) is 5.82 Å². The molecule has 0 bridgehead atoms. The molecule has 156 valence electrons. The number of rotatable bonds is 8. The smallest absolute Gasteiger partial charge is 0.251 e. The Morgan fingerprint density at radius 3 is 2.79 bits per heavy atom. The van der Waals surface area contributed by atoms with Gasteiger partial charge in [0.2, 0.25) is 0 Å². The number of carbonyl (C=O) groups is 1. The van der Waals surface area contributed by atoms with Gasteiger partial charge in [-0.25, -0.2) is 9.97 Å². The lowest BCUT2D eigenvalue weighted by Crippen LogP contribution is -3.06. The third-order valence-electron chi connectivity index (χ3n) is 4.62. The lowest BCUT2D eigenvalue weighted by atomic mass is 10.1. The largest absolute Gasteiger partial charge is 0.378 e. The molecule has 1 aliphatic rings. The highest BCUT2D eigenvalue weighted by atomic mass is 32.2. The van der Waals surface area contributed by atoms with E-state index >= 15 is 0 Å². The average Bonchev–Trinajstić information content (AvgIpc) is 2.72. The van der Waals surface area contributed by atoms with Gasteiger partial charge < -0.3 is 19.9 Å². The molecule has 1 fully saturated rings. The van der Waals surface area contributed by atoms with Crippen molar-refractivity contribution in [3.05, 3.63) is 47.2 Å². The molecule has 2 N–H and O–H groups in total. The molecule has 1 aromatic heterocycles. The topological polar surface area (TPSA) is 71.8 Å². The van der Waals surface area contributed by atoms with Crippen LogP contribution in [0, 0.1) is 6.92 Å². The summed E-state index contributed by atoms with van der Waals surface area (Å²) in [7, 11) is 4.14. The Hall–Kier alpha value is -2.16. The number of hydrogen-bond donors (Lipinski definition) is 2. The number of aryl methyl sites for hydroxylation is 1. The van der Waals surface area contributed by atoms with Crippen LogP contribution < -0.4 is 15.1 Å². The van der Waals surface area contributed by atoms with Crippen LogP contribution in [0.2, 0.25) is 0 Å². The predicted molar refractivity (Wildman–Crippen MR) is 116 cm³/mol. The van der Waals surface area contributed by atoms with Crippen LogP contribution in [0.1, 0.15) is 21.6 Å². The molecule has 1 aliphatic heterocycles. The van der Waals surface area contributed by atoms with E-state index in [2.05, 4.69) is 29.3 Å². The number of hydrogen-bond acceptors (Lipinski definition) is 6. The van der Waals surface area contributed by atoms with Crippen molar-refractivity contribution in [2.24, 2.45) is 0 Å². The summed E-state index contributed by atoms with van der Waals surface area (Å²) in [6, 6.07) is 9.79. The van der Waals surface area contributed by atoms with Gasteiger partial charge in [0.25, 0.3) is 5.91 Å². The van der Waals surface area contributed by atoms with E-state index in [0.717, 1.165) is 60.8 Å². The minimum absolute atomic E-state index is 0.0282. The van der Waals surface area contributed by atoms with E-state index in [1.807, 2.05) is 37.3 Å². The monoisotopic (exact) mass is 416 g/mol. The number of nitrogens with one attached hydrogen (secondary N) is 2. The fourth-order valence-corrected chi connectivity index (χ4v) is 3.86. The molecule has 3 rings (SSSR count). The quantitative estimate of drug-likeness (QED) is 0.490. The number of likely N-dealkylation sites (N-methyl/N-ethyl adjacent to an activating group) is 1. The molecule has 29 heavy (non-hydrogen) atoms. The number of benzene rings is 1. The minimum atomic E-state index is -0.0282. The van der Waals surface area contributed by atoms with E-state index in [9.17, 15) is 4.79 Å². The predicted octanol–water partition coefficient (Wildman–Crippen LogP) is 0.788. The van der Waals surface area contributed by atoms with Crippen LogP contribution in [0.15, 0.2) is 35.5 Å². The van der Waals surface area contributed by atoms with Crippen LogP contribution in [-0.4, -0.2) is 69.4 Å². The van der Waals surface area contributed by atoms with Gasteiger partial charge in [-0.2, -0.15) is 0 Å². The Labute approximate surface area is 176 Å². The first kappa shape index (κ1) is 21.5. The summed E-state index contributed by atoms with van der Waals surface area (Å²) in [5.74, 6) is 1.65. The van der Waals surface area contributed by atoms with Crippen molar-refractivity contribution >= 4 is 23.5 Å². The molecule has 0 atom stereocenters. The normalized spacial score (nSPS) is 14.3. The number of thioether (sulfide) groups is 1. The standard InChI is InChI=1S/C21H29N5O2S/c1-16-13-19(26-9-11-28-12-10-26)24-21(23-16)29-15-17-5-4-6-18(14-17)20(27)22-7-8-25(2)3/h4-6,13-14H,7-12,15H2,1-3H3,(H,22,27)/p+1. The van der Waals surface area contributed by atoms with E-state index in [0.29, 0.717) is 12.1 Å². The van der Waals surface area contributed by atoms with E-state index in [4.69, 9.17) is 9.72 Å². The van der Waals surface area contributed by atoms with Crippen LogP contribution in [0.4, 0.5) is 5.82 Å². The summed E-state index contributed by atoms with van der Waals surface area (Å²) in [4.78, 5) is 25.2. The number of quaternary nitrogens is 1. The molecule has 1 saturated heterocycles. The Balaban J connectivity index is 1.61. The molecule has 2 heterocycles. The molecule has 0 unspecified atom stereocenters. The number of amides is 1. The number of nitrogens with zero attached hydrogens (tertiary/aromatic N) is 3. The van der Waals surface area contributed by atoms with Crippen molar-refractivity contribution in [3.63, 3.8) is 0 Å². The summed E-state index contributed by atoms with van der Waals surface area (Å²) >= 11 is 1.59. The zero-order valence-electron chi connectivity index (χ0n) is 17.4. The highest BCUT2D eigenvalue weighted by molar-refractivity contribution is 7.98. The zero-order valence-corrected chi connectivity index (χ0v) is 18.2. The molecule has 2 aromatic rings. The van der Waals surface area contributed by atoms with Gasteiger partial charge in [-0.15, -0.1) is 0 Å². The van der Waals surface area contributed by atoms with E-state index in [-0.39, 0.29) is 5.91 Å². The van der Waals surface area contributed by atoms with Crippen molar-refractivity contribution in [1.82, 2.24) is 15.3 Å². The van der Waals surface area contributed by atoms with Crippen molar-refractivity contribution < 1.29 is 14.4 Å². The maximum Gasteiger partial charge on any atom is 0.251 e. The van der Waals surface area contributed by atoms with Crippen molar-refractivity contribution in [1.29, 1.82) is 0 Å². The van der Waals surface area contributed by atoms with E-state index in [1.54, 1.807) is 11.8 Å². The van der Waals surface area contributed by atoms with Crippen molar-refractivity contribution in [3.8, 4) is 0 Å². The third-order valence-corrected chi connectivity index (χ3v) is 5.54. The van der Waals surface area contributed by atoms with Crippen molar-refractivity contribution in [2.75, 3.05) is 58.4 Å². The van der Waals surface area contributed by atoms with Crippen LogP contribution >= 0.6 is 11.8 Å². The second-order valence-corrected chi connectivity index (χ2v) is 8.39. The van der Waals surface area contributed by atoms with Crippen LogP contribution in [0.25, 0.3) is 0 Å². The Bertz CT molecular complexity index is 824. The molecule has 1 aromatic carbocycles. The fraction of sp³-hybridized carbons (Fsp3) is 0.476. The summed E-state index contributed by atoms with van der Waals surface area (Å²) in [5, 5.41) is 3.74. The Kier molecular flexibility index (Phi) is 7.85. The first-order valence-corrected chi connectivity index (χ1v) is 11.0. The Morgan fingerprint density at radius 2 is 2.03 bits per heavy atom.